The van der Waals surface area contributed by atoms with Crippen molar-refractivity contribution in [1.29, 1.82) is 0 Å². The van der Waals surface area contributed by atoms with Gasteiger partial charge < -0.3 is 0 Å². The first kappa shape index (κ1) is 17.6. The first-order valence-corrected chi connectivity index (χ1v) is 11.0. The van der Waals surface area contributed by atoms with Gasteiger partial charge in [0.25, 0.3) is 0 Å². The molecule has 1 aliphatic carbocycles. The fourth-order valence-electron chi connectivity index (χ4n) is 2.95. The number of rotatable bonds is 7. The average molecular weight is 370 g/mol. The second kappa shape index (κ2) is 6.59. The van der Waals surface area contributed by atoms with Crippen LogP contribution in [0.4, 0.5) is 0 Å². The maximum Gasteiger partial charge on any atom is 0.243 e. The minimum atomic E-state index is -3.52. The van der Waals surface area contributed by atoms with Crippen molar-refractivity contribution in [2.45, 2.75) is 30.1 Å². The molecule has 1 heterocycles. The van der Waals surface area contributed by atoms with E-state index in [4.69, 9.17) is 0 Å². The van der Waals surface area contributed by atoms with Crippen LogP contribution in [0.25, 0.3) is 0 Å². The Balaban J connectivity index is 1.64. The molecule has 1 aromatic carbocycles. The first-order valence-electron chi connectivity index (χ1n) is 8.04. The average Bonchev–Trinajstić information content (AvgIpc) is 3.30. The van der Waals surface area contributed by atoms with Crippen molar-refractivity contribution >= 4 is 20.0 Å². The molecule has 1 aliphatic heterocycles. The second-order valence-electron chi connectivity index (χ2n) is 6.42. The Morgan fingerprint density at radius 3 is 2.38 bits per heavy atom. The third kappa shape index (κ3) is 3.88. The molecule has 2 fully saturated rings. The molecule has 1 atom stereocenters. The van der Waals surface area contributed by atoms with Gasteiger partial charge in [-0.1, -0.05) is 18.7 Å². The van der Waals surface area contributed by atoms with Crippen LogP contribution in [0.2, 0.25) is 0 Å². The number of hydrogen-bond donors (Lipinski definition) is 1. The van der Waals surface area contributed by atoms with Crippen LogP contribution < -0.4 is 4.72 Å². The van der Waals surface area contributed by atoms with Crippen molar-refractivity contribution in [2.75, 3.05) is 19.6 Å². The van der Waals surface area contributed by atoms with Gasteiger partial charge in [-0.3, -0.25) is 0 Å². The Morgan fingerprint density at radius 2 is 1.79 bits per heavy atom. The van der Waals surface area contributed by atoms with Crippen LogP contribution in [0, 0.1) is 5.92 Å². The molecule has 3 rings (SSSR count). The zero-order valence-electron chi connectivity index (χ0n) is 13.4. The van der Waals surface area contributed by atoms with Gasteiger partial charge in [0.05, 0.1) is 4.90 Å². The topological polar surface area (TPSA) is 83.6 Å². The summed E-state index contributed by atoms with van der Waals surface area (Å²) in [7, 11) is -6.99. The molecule has 6 nitrogen and oxygen atoms in total. The van der Waals surface area contributed by atoms with E-state index in [-0.39, 0.29) is 12.5 Å². The molecule has 24 heavy (non-hydrogen) atoms. The predicted molar refractivity (Wildman–Crippen MR) is 92.4 cm³/mol. The first-order chi connectivity index (χ1) is 11.3. The number of nitrogens with zero attached hydrogens (tertiary/aromatic N) is 1. The van der Waals surface area contributed by atoms with Crippen molar-refractivity contribution in [2.24, 2.45) is 5.92 Å². The summed E-state index contributed by atoms with van der Waals surface area (Å²) in [5.74, 6) is 0.566. The number of nitrogens with one attached hydrogen (secondary N) is 1. The Bertz CT molecular complexity index is 812. The highest BCUT2D eigenvalue weighted by atomic mass is 32.2. The van der Waals surface area contributed by atoms with E-state index in [9.17, 15) is 16.8 Å². The van der Waals surface area contributed by atoms with E-state index in [2.05, 4.69) is 11.3 Å². The van der Waals surface area contributed by atoms with Gasteiger partial charge in [-0.2, -0.15) is 4.31 Å². The summed E-state index contributed by atoms with van der Waals surface area (Å²) in [5, 5.41) is 0.859. The van der Waals surface area contributed by atoms with Gasteiger partial charge in [0.15, 0.2) is 0 Å². The summed E-state index contributed by atoms with van der Waals surface area (Å²) in [6.07, 6.45) is 3.00. The van der Waals surface area contributed by atoms with Crippen LogP contribution in [0.5, 0.6) is 0 Å². The Kier molecular flexibility index (Phi) is 4.83. The molecule has 1 aromatic rings. The lowest BCUT2D eigenvalue weighted by Gasteiger charge is -2.17. The smallest absolute Gasteiger partial charge is 0.211 e. The summed E-state index contributed by atoms with van der Waals surface area (Å²) >= 11 is 0. The van der Waals surface area contributed by atoms with E-state index in [1.54, 1.807) is 12.1 Å². The standard InChI is InChI=1S/C16H22N2O4S2/c1-2-23(19,20)17-11-13-9-10-18(12-13)24(21,22)16-7-5-15(6-8-16)14-3-4-14/h2,5-8,13-14,17H,1,3-4,9-12H2. The van der Waals surface area contributed by atoms with Crippen LogP contribution in [-0.2, 0) is 20.0 Å². The summed E-state index contributed by atoms with van der Waals surface area (Å²) in [5.41, 5.74) is 1.20. The van der Waals surface area contributed by atoms with E-state index < -0.39 is 20.0 Å². The molecule has 1 unspecified atom stereocenters. The molecule has 0 spiro atoms. The third-order valence-corrected chi connectivity index (χ3v) is 7.50. The van der Waals surface area contributed by atoms with Crippen molar-refractivity contribution in [3.63, 3.8) is 0 Å². The third-order valence-electron chi connectivity index (χ3n) is 4.61. The Morgan fingerprint density at radius 1 is 1.12 bits per heavy atom. The molecule has 2 aliphatic rings. The Labute approximate surface area is 143 Å². The van der Waals surface area contributed by atoms with Crippen molar-refractivity contribution in [3.05, 3.63) is 41.8 Å². The van der Waals surface area contributed by atoms with Crippen LogP contribution >= 0.6 is 0 Å². The lowest BCUT2D eigenvalue weighted by atomic mass is 10.1. The van der Waals surface area contributed by atoms with Crippen LogP contribution in [0.1, 0.15) is 30.7 Å². The molecular weight excluding hydrogens is 348 g/mol. The fourth-order valence-corrected chi connectivity index (χ4v) is 5.07. The minimum Gasteiger partial charge on any atom is -0.211 e. The number of hydrogen-bond acceptors (Lipinski definition) is 4. The van der Waals surface area contributed by atoms with Crippen molar-refractivity contribution < 1.29 is 16.8 Å². The van der Waals surface area contributed by atoms with Crippen molar-refractivity contribution in [3.8, 4) is 0 Å². The van der Waals surface area contributed by atoms with Crippen LogP contribution in [0.15, 0.2) is 41.1 Å². The van der Waals surface area contributed by atoms with E-state index in [0.29, 0.717) is 30.3 Å². The molecule has 132 valence electrons. The zero-order valence-corrected chi connectivity index (χ0v) is 15.0. The molecular formula is C16H22N2O4S2. The van der Waals surface area contributed by atoms with Crippen molar-refractivity contribution in [1.82, 2.24) is 9.03 Å². The highest BCUT2D eigenvalue weighted by Gasteiger charge is 2.33. The fraction of sp³-hybridized carbons (Fsp3) is 0.500. The van der Waals surface area contributed by atoms with Gasteiger partial charge in [-0.05, 0) is 48.8 Å². The number of sulfonamides is 2. The normalized spacial score (nSPS) is 22.6. The van der Waals surface area contributed by atoms with Crippen LogP contribution in [0.3, 0.4) is 0 Å². The monoisotopic (exact) mass is 370 g/mol. The Hall–Kier alpha value is -1.22. The number of benzene rings is 1. The second-order valence-corrected chi connectivity index (χ2v) is 10.1. The molecule has 0 aromatic heterocycles. The molecule has 8 heteroatoms. The molecule has 0 amide bonds. The summed E-state index contributed by atoms with van der Waals surface area (Å²) in [6, 6.07) is 7.15. The lowest BCUT2D eigenvalue weighted by Crippen LogP contribution is -2.32. The van der Waals surface area contributed by atoms with Gasteiger partial charge in [-0.15, -0.1) is 0 Å². The SMILES string of the molecule is C=CS(=O)(=O)NCC1CCN(S(=O)(=O)c2ccc(C3CC3)cc2)C1. The van der Waals surface area contributed by atoms with Crippen LogP contribution in [-0.4, -0.2) is 40.8 Å². The highest BCUT2D eigenvalue weighted by molar-refractivity contribution is 7.92. The highest BCUT2D eigenvalue weighted by Crippen LogP contribution is 2.40. The quantitative estimate of drug-likeness (QED) is 0.791. The maximum absolute atomic E-state index is 12.7. The van der Waals surface area contributed by atoms with E-state index in [0.717, 1.165) is 5.41 Å². The van der Waals surface area contributed by atoms with Gasteiger partial charge in [-0.25, -0.2) is 21.6 Å². The predicted octanol–water partition coefficient (Wildman–Crippen LogP) is 1.64. The minimum absolute atomic E-state index is 0.0276. The summed E-state index contributed by atoms with van der Waals surface area (Å²) in [6.45, 7) is 4.20. The molecule has 1 saturated heterocycles. The van der Waals surface area contributed by atoms with E-state index in [1.807, 2.05) is 12.1 Å². The molecule has 1 N–H and O–H groups in total. The largest absolute Gasteiger partial charge is 0.243 e. The van der Waals surface area contributed by atoms with E-state index >= 15 is 0 Å². The van der Waals surface area contributed by atoms with Gasteiger partial charge >= 0.3 is 0 Å². The zero-order chi connectivity index (χ0) is 17.4. The lowest BCUT2D eigenvalue weighted by molar-refractivity contribution is 0.455. The summed E-state index contributed by atoms with van der Waals surface area (Å²) < 4.78 is 52.0. The van der Waals surface area contributed by atoms with E-state index in [1.165, 1.54) is 22.7 Å². The van der Waals surface area contributed by atoms with Gasteiger partial charge in [0, 0.05) is 25.0 Å². The maximum atomic E-state index is 12.7. The van der Waals surface area contributed by atoms with Gasteiger partial charge in [0.1, 0.15) is 0 Å². The molecule has 0 radical (unpaired) electrons. The summed E-state index contributed by atoms with van der Waals surface area (Å²) in [4.78, 5) is 0.305. The molecule has 0 bridgehead atoms. The van der Waals surface area contributed by atoms with Gasteiger partial charge in [0.2, 0.25) is 20.0 Å². The molecule has 1 saturated carbocycles.